The van der Waals surface area contributed by atoms with Crippen LogP contribution in [0, 0.1) is 3.57 Å². The number of rotatable bonds is 4. The zero-order valence-corrected chi connectivity index (χ0v) is 12.7. The van der Waals surface area contributed by atoms with Crippen LogP contribution in [0.2, 0.25) is 0 Å². The fraction of sp³-hybridized carbons (Fsp3) is 0.250. The Morgan fingerprint density at radius 1 is 1.16 bits per heavy atom. The summed E-state index contributed by atoms with van der Waals surface area (Å²) in [5, 5.41) is 0. The molecule has 0 aliphatic carbocycles. The number of para-hydroxylation sites is 1. The summed E-state index contributed by atoms with van der Waals surface area (Å²) in [6.45, 7) is 1.52. The van der Waals surface area contributed by atoms with Gasteiger partial charge in [0.1, 0.15) is 11.5 Å². The van der Waals surface area contributed by atoms with Gasteiger partial charge in [0.2, 0.25) is 0 Å². The Balaban J connectivity index is 1.59. The van der Waals surface area contributed by atoms with E-state index in [9.17, 15) is 0 Å². The van der Waals surface area contributed by atoms with Crippen LogP contribution in [0.15, 0.2) is 42.5 Å². The second kappa shape index (κ2) is 5.82. The van der Waals surface area contributed by atoms with Gasteiger partial charge in [-0.1, -0.05) is 24.3 Å². The molecular formula is C16H15IO2. The minimum atomic E-state index is 0.708. The second-order valence-electron chi connectivity index (χ2n) is 4.57. The van der Waals surface area contributed by atoms with Crippen molar-refractivity contribution in [2.45, 2.75) is 12.8 Å². The molecule has 2 aromatic rings. The second-order valence-corrected chi connectivity index (χ2v) is 5.73. The third-order valence-electron chi connectivity index (χ3n) is 3.24. The Labute approximate surface area is 126 Å². The van der Waals surface area contributed by atoms with Gasteiger partial charge in [-0.15, -0.1) is 0 Å². The Morgan fingerprint density at radius 2 is 2.05 bits per heavy atom. The highest BCUT2D eigenvalue weighted by molar-refractivity contribution is 14.1. The molecule has 0 spiro atoms. The van der Waals surface area contributed by atoms with E-state index in [0.717, 1.165) is 34.5 Å². The van der Waals surface area contributed by atoms with Gasteiger partial charge in [-0.2, -0.15) is 0 Å². The molecule has 0 unspecified atom stereocenters. The molecule has 0 N–H and O–H groups in total. The molecule has 1 aliphatic heterocycles. The van der Waals surface area contributed by atoms with E-state index >= 15 is 0 Å². The van der Waals surface area contributed by atoms with Gasteiger partial charge < -0.3 is 9.47 Å². The van der Waals surface area contributed by atoms with Crippen molar-refractivity contribution in [3.63, 3.8) is 0 Å². The third-order valence-corrected chi connectivity index (χ3v) is 4.13. The van der Waals surface area contributed by atoms with Gasteiger partial charge in [0.15, 0.2) is 0 Å². The molecule has 0 aromatic heterocycles. The van der Waals surface area contributed by atoms with Crippen molar-refractivity contribution in [2.75, 3.05) is 13.2 Å². The third kappa shape index (κ3) is 3.03. The van der Waals surface area contributed by atoms with Crippen LogP contribution in [0.25, 0.3) is 0 Å². The van der Waals surface area contributed by atoms with Crippen LogP contribution in [-0.4, -0.2) is 13.2 Å². The normalized spacial score (nSPS) is 12.9. The van der Waals surface area contributed by atoms with Crippen LogP contribution in [-0.2, 0) is 12.8 Å². The summed E-state index contributed by atoms with van der Waals surface area (Å²) in [6.07, 6.45) is 1.96. The predicted molar refractivity (Wildman–Crippen MR) is 84.0 cm³/mol. The van der Waals surface area contributed by atoms with Crippen molar-refractivity contribution in [1.29, 1.82) is 0 Å². The molecule has 3 heteroatoms. The van der Waals surface area contributed by atoms with E-state index in [-0.39, 0.29) is 0 Å². The number of hydrogen-bond acceptors (Lipinski definition) is 2. The minimum absolute atomic E-state index is 0.708. The van der Waals surface area contributed by atoms with Gasteiger partial charge in [0.05, 0.1) is 16.8 Å². The van der Waals surface area contributed by atoms with Gasteiger partial charge in [-0.05, 0) is 51.9 Å². The Morgan fingerprint density at radius 3 is 2.95 bits per heavy atom. The SMILES string of the molecule is Ic1ccccc1OCCc1ccc2c(c1)CCO2. The van der Waals surface area contributed by atoms with Gasteiger partial charge in [-0.3, -0.25) is 0 Å². The molecule has 0 amide bonds. The van der Waals surface area contributed by atoms with Crippen molar-refractivity contribution in [1.82, 2.24) is 0 Å². The lowest BCUT2D eigenvalue weighted by molar-refractivity contribution is 0.319. The van der Waals surface area contributed by atoms with E-state index in [2.05, 4.69) is 46.9 Å². The topological polar surface area (TPSA) is 18.5 Å². The molecule has 0 saturated carbocycles. The molecule has 0 bridgehead atoms. The summed E-state index contributed by atoms with van der Waals surface area (Å²) in [4.78, 5) is 0. The van der Waals surface area contributed by atoms with Crippen LogP contribution < -0.4 is 9.47 Å². The molecule has 2 nitrogen and oxygen atoms in total. The highest BCUT2D eigenvalue weighted by Crippen LogP contribution is 2.26. The minimum Gasteiger partial charge on any atom is -0.493 e. The largest absolute Gasteiger partial charge is 0.493 e. The Kier molecular flexibility index (Phi) is 3.92. The zero-order valence-electron chi connectivity index (χ0n) is 10.6. The summed E-state index contributed by atoms with van der Waals surface area (Å²) in [6, 6.07) is 14.5. The number of halogens is 1. The van der Waals surface area contributed by atoms with E-state index in [4.69, 9.17) is 9.47 Å². The van der Waals surface area contributed by atoms with E-state index in [1.54, 1.807) is 0 Å². The summed E-state index contributed by atoms with van der Waals surface area (Å²) < 4.78 is 12.5. The Hall–Kier alpha value is -1.23. The van der Waals surface area contributed by atoms with E-state index in [0.29, 0.717) is 6.61 Å². The standard InChI is InChI=1S/C16H15IO2/c17-14-3-1-2-4-16(14)19-9-7-12-5-6-15-13(11-12)8-10-18-15/h1-6,11H,7-10H2. The van der Waals surface area contributed by atoms with E-state index in [1.165, 1.54) is 11.1 Å². The van der Waals surface area contributed by atoms with Crippen LogP contribution in [0.1, 0.15) is 11.1 Å². The smallest absolute Gasteiger partial charge is 0.132 e. The van der Waals surface area contributed by atoms with Crippen LogP contribution >= 0.6 is 22.6 Å². The number of hydrogen-bond donors (Lipinski definition) is 0. The summed E-state index contributed by atoms with van der Waals surface area (Å²) in [5.74, 6) is 2.01. The average Bonchev–Trinajstić information content (AvgIpc) is 2.88. The van der Waals surface area contributed by atoms with Crippen molar-refractivity contribution in [3.05, 3.63) is 57.2 Å². The molecule has 98 valence electrons. The van der Waals surface area contributed by atoms with Crippen LogP contribution in [0.3, 0.4) is 0 Å². The summed E-state index contributed by atoms with van der Waals surface area (Å²) in [7, 11) is 0. The van der Waals surface area contributed by atoms with Crippen LogP contribution in [0.4, 0.5) is 0 Å². The summed E-state index contributed by atoms with van der Waals surface area (Å²) >= 11 is 2.30. The van der Waals surface area contributed by atoms with Gasteiger partial charge >= 0.3 is 0 Å². The van der Waals surface area contributed by atoms with Crippen molar-refractivity contribution in [2.24, 2.45) is 0 Å². The van der Waals surface area contributed by atoms with E-state index in [1.807, 2.05) is 18.2 Å². The molecule has 3 rings (SSSR count). The quantitative estimate of drug-likeness (QED) is 0.766. The van der Waals surface area contributed by atoms with Gasteiger partial charge in [0.25, 0.3) is 0 Å². The Bertz CT molecular complexity index is 581. The molecule has 0 radical (unpaired) electrons. The molecule has 0 fully saturated rings. The lowest BCUT2D eigenvalue weighted by atomic mass is 10.1. The lowest BCUT2D eigenvalue weighted by Gasteiger charge is -2.08. The highest BCUT2D eigenvalue weighted by Gasteiger charge is 2.11. The first-order chi connectivity index (χ1) is 9.33. The van der Waals surface area contributed by atoms with Gasteiger partial charge in [0, 0.05) is 12.8 Å². The van der Waals surface area contributed by atoms with Crippen molar-refractivity contribution in [3.8, 4) is 11.5 Å². The first-order valence-corrected chi connectivity index (χ1v) is 7.53. The molecule has 0 atom stereocenters. The van der Waals surface area contributed by atoms with Crippen molar-refractivity contribution < 1.29 is 9.47 Å². The molecule has 19 heavy (non-hydrogen) atoms. The average molecular weight is 366 g/mol. The summed E-state index contributed by atoms with van der Waals surface area (Å²) in [5.41, 5.74) is 2.64. The predicted octanol–water partition coefficient (Wildman–Crippen LogP) is 3.85. The first-order valence-electron chi connectivity index (χ1n) is 6.45. The highest BCUT2D eigenvalue weighted by atomic mass is 127. The number of ether oxygens (including phenoxy) is 2. The van der Waals surface area contributed by atoms with Gasteiger partial charge in [-0.25, -0.2) is 0 Å². The molecule has 1 heterocycles. The fourth-order valence-corrected chi connectivity index (χ4v) is 2.78. The maximum Gasteiger partial charge on any atom is 0.132 e. The maximum atomic E-state index is 5.82. The van der Waals surface area contributed by atoms with Crippen molar-refractivity contribution >= 4 is 22.6 Å². The number of fused-ring (bicyclic) bond motifs is 1. The molecule has 1 aliphatic rings. The molecule has 2 aromatic carbocycles. The monoisotopic (exact) mass is 366 g/mol. The lowest BCUT2D eigenvalue weighted by Crippen LogP contribution is -2.02. The zero-order chi connectivity index (χ0) is 13.1. The fourth-order valence-electron chi connectivity index (χ4n) is 2.24. The van der Waals surface area contributed by atoms with Crippen LogP contribution in [0.5, 0.6) is 11.5 Å². The van der Waals surface area contributed by atoms with E-state index < -0.39 is 0 Å². The molecular weight excluding hydrogens is 351 g/mol. The first kappa shape index (κ1) is 12.8. The number of benzene rings is 2. The maximum absolute atomic E-state index is 5.82. The molecule has 0 saturated heterocycles.